The molecule has 1 aromatic carbocycles. The van der Waals surface area contributed by atoms with Crippen molar-refractivity contribution in [2.24, 2.45) is 5.10 Å². The quantitative estimate of drug-likeness (QED) is 0.390. The Hall–Kier alpha value is -3.95. The van der Waals surface area contributed by atoms with Gasteiger partial charge in [-0.1, -0.05) is 17.7 Å². The maximum absolute atomic E-state index is 11.7. The summed E-state index contributed by atoms with van der Waals surface area (Å²) in [5.41, 5.74) is 3.90. The fraction of sp³-hybridized carbons (Fsp3) is 0.118. The topological polar surface area (TPSA) is 139 Å². The van der Waals surface area contributed by atoms with Gasteiger partial charge in [0.25, 0.3) is 5.91 Å². The van der Waals surface area contributed by atoms with E-state index in [1.807, 2.05) is 19.1 Å². The number of anilines is 1. The highest BCUT2D eigenvalue weighted by atomic mass is 16.6. The molecule has 2 rings (SSSR count). The maximum Gasteiger partial charge on any atom is 0.433 e. The molecule has 0 atom stereocenters. The summed E-state index contributed by atoms with van der Waals surface area (Å²) < 4.78 is 4.90. The van der Waals surface area contributed by atoms with Crippen molar-refractivity contribution in [1.82, 2.24) is 10.7 Å². The second-order valence-corrected chi connectivity index (χ2v) is 5.28. The summed E-state index contributed by atoms with van der Waals surface area (Å²) in [5, 5.41) is 19.1. The molecule has 3 amide bonds. The van der Waals surface area contributed by atoms with Crippen LogP contribution in [0.4, 0.5) is 16.4 Å². The standard InChI is InChI=1S/C17H17N5O5/c1-12-4-6-13(7-5-12)20-17(24)18-11-15(23)21-19-10-2-3-14-8-9-16(27-14)22(25)26/h2-10H,11H2,1H3,(H,21,23)(H2,18,20,24)/b3-2+,19-10+. The Bertz CT molecular complexity index is 870. The van der Waals surface area contributed by atoms with Gasteiger partial charge in [0.15, 0.2) is 0 Å². The van der Waals surface area contributed by atoms with Gasteiger partial charge in [0, 0.05) is 11.9 Å². The van der Waals surface area contributed by atoms with E-state index in [1.54, 1.807) is 12.1 Å². The van der Waals surface area contributed by atoms with E-state index in [2.05, 4.69) is 21.2 Å². The highest BCUT2D eigenvalue weighted by Crippen LogP contribution is 2.16. The van der Waals surface area contributed by atoms with Crippen LogP contribution in [0.15, 0.2) is 52.0 Å². The van der Waals surface area contributed by atoms with Gasteiger partial charge in [-0.25, -0.2) is 10.2 Å². The minimum absolute atomic E-state index is 0.261. The first-order valence-corrected chi connectivity index (χ1v) is 7.78. The number of nitro groups is 1. The summed E-state index contributed by atoms with van der Waals surface area (Å²) in [6.07, 6.45) is 4.13. The van der Waals surface area contributed by atoms with E-state index in [1.165, 1.54) is 30.5 Å². The van der Waals surface area contributed by atoms with Gasteiger partial charge in [0.2, 0.25) is 0 Å². The lowest BCUT2D eigenvalue weighted by atomic mass is 10.2. The van der Waals surface area contributed by atoms with Gasteiger partial charge in [-0.05, 0) is 37.3 Å². The third kappa shape index (κ3) is 6.82. The number of rotatable bonds is 7. The van der Waals surface area contributed by atoms with Gasteiger partial charge in [-0.2, -0.15) is 5.10 Å². The number of allylic oxidation sites excluding steroid dienone is 1. The average molecular weight is 371 g/mol. The van der Waals surface area contributed by atoms with E-state index in [0.29, 0.717) is 5.69 Å². The van der Waals surface area contributed by atoms with Crippen molar-refractivity contribution in [3.8, 4) is 0 Å². The molecule has 0 bridgehead atoms. The Morgan fingerprint density at radius 2 is 1.96 bits per heavy atom. The zero-order chi connectivity index (χ0) is 19.6. The number of carbonyl (C=O) groups excluding carboxylic acids is 2. The summed E-state index contributed by atoms with van der Waals surface area (Å²) in [6, 6.07) is 9.34. The van der Waals surface area contributed by atoms with Crippen LogP contribution in [0.25, 0.3) is 6.08 Å². The molecule has 0 fully saturated rings. The smallest absolute Gasteiger partial charge is 0.401 e. The lowest BCUT2D eigenvalue weighted by molar-refractivity contribution is -0.402. The molecule has 0 saturated carbocycles. The Balaban J connectivity index is 1.68. The highest BCUT2D eigenvalue weighted by Gasteiger charge is 2.09. The number of amides is 3. The number of benzene rings is 1. The predicted octanol–water partition coefficient (Wildman–Crippen LogP) is 2.43. The van der Waals surface area contributed by atoms with Crippen LogP contribution < -0.4 is 16.1 Å². The van der Waals surface area contributed by atoms with E-state index >= 15 is 0 Å². The second kappa shape index (κ2) is 9.51. The fourth-order valence-corrected chi connectivity index (χ4v) is 1.83. The lowest BCUT2D eigenvalue weighted by Gasteiger charge is -2.07. The number of hydrazone groups is 1. The predicted molar refractivity (Wildman–Crippen MR) is 99.2 cm³/mol. The van der Waals surface area contributed by atoms with E-state index in [0.717, 1.165) is 5.56 Å². The van der Waals surface area contributed by atoms with Crippen LogP contribution in [0.5, 0.6) is 0 Å². The Morgan fingerprint density at radius 1 is 1.22 bits per heavy atom. The molecule has 0 unspecified atom stereocenters. The molecule has 2 aromatic rings. The van der Waals surface area contributed by atoms with Crippen molar-refractivity contribution in [3.63, 3.8) is 0 Å². The first-order chi connectivity index (χ1) is 12.9. The Morgan fingerprint density at radius 3 is 2.63 bits per heavy atom. The number of carbonyl (C=O) groups is 2. The minimum Gasteiger partial charge on any atom is -0.401 e. The van der Waals surface area contributed by atoms with Gasteiger partial charge < -0.3 is 15.1 Å². The summed E-state index contributed by atoms with van der Waals surface area (Å²) in [6.45, 7) is 1.67. The summed E-state index contributed by atoms with van der Waals surface area (Å²) in [4.78, 5) is 33.1. The van der Waals surface area contributed by atoms with Gasteiger partial charge in [0.1, 0.15) is 17.2 Å². The van der Waals surface area contributed by atoms with Gasteiger partial charge in [-0.3, -0.25) is 14.9 Å². The zero-order valence-corrected chi connectivity index (χ0v) is 14.3. The van der Waals surface area contributed by atoms with Crippen LogP contribution in [0.3, 0.4) is 0 Å². The van der Waals surface area contributed by atoms with Crippen LogP contribution in [0.2, 0.25) is 0 Å². The first kappa shape index (κ1) is 19.4. The van der Waals surface area contributed by atoms with E-state index in [-0.39, 0.29) is 18.2 Å². The second-order valence-electron chi connectivity index (χ2n) is 5.28. The SMILES string of the molecule is Cc1ccc(NC(=O)NCC(=O)N/N=C/C=C/c2ccc([N+](=O)[O-])o2)cc1. The van der Waals surface area contributed by atoms with E-state index in [9.17, 15) is 19.7 Å². The first-order valence-electron chi connectivity index (χ1n) is 7.78. The lowest BCUT2D eigenvalue weighted by Crippen LogP contribution is -2.37. The van der Waals surface area contributed by atoms with Crippen molar-refractivity contribution in [2.45, 2.75) is 6.92 Å². The van der Waals surface area contributed by atoms with Crippen molar-refractivity contribution < 1.29 is 18.9 Å². The molecule has 10 nitrogen and oxygen atoms in total. The number of urea groups is 1. The van der Waals surface area contributed by atoms with Crippen molar-refractivity contribution in [3.05, 3.63) is 63.9 Å². The molecule has 0 radical (unpaired) electrons. The Kier molecular flexibility index (Phi) is 6.83. The van der Waals surface area contributed by atoms with Crippen molar-refractivity contribution >= 4 is 35.8 Å². The van der Waals surface area contributed by atoms with E-state index < -0.39 is 16.9 Å². The zero-order valence-electron chi connectivity index (χ0n) is 14.3. The normalized spacial score (nSPS) is 10.9. The number of hydrogen-bond acceptors (Lipinski definition) is 6. The highest BCUT2D eigenvalue weighted by molar-refractivity contribution is 5.92. The number of aryl methyl sites for hydroxylation is 1. The largest absolute Gasteiger partial charge is 0.433 e. The summed E-state index contributed by atoms with van der Waals surface area (Å²) in [7, 11) is 0. The molecule has 1 aromatic heterocycles. The van der Waals surface area contributed by atoms with Crippen molar-refractivity contribution in [1.29, 1.82) is 0 Å². The fourth-order valence-electron chi connectivity index (χ4n) is 1.83. The van der Waals surface area contributed by atoms with Crippen LogP contribution >= 0.6 is 0 Å². The molecule has 0 aliphatic heterocycles. The number of hydrogen-bond donors (Lipinski definition) is 3. The molecule has 1 heterocycles. The van der Waals surface area contributed by atoms with Crippen LogP contribution in [0.1, 0.15) is 11.3 Å². The monoisotopic (exact) mass is 371 g/mol. The summed E-state index contributed by atoms with van der Waals surface area (Å²) >= 11 is 0. The minimum atomic E-state index is -0.645. The van der Waals surface area contributed by atoms with Crippen molar-refractivity contribution in [2.75, 3.05) is 11.9 Å². The number of furan rings is 1. The van der Waals surface area contributed by atoms with Crippen LogP contribution in [0, 0.1) is 17.0 Å². The molecular formula is C17H17N5O5. The Labute approximate surface area is 154 Å². The van der Waals surface area contributed by atoms with Gasteiger partial charge >= 0.3 is 11.9 Å². The third-order valence-electron chi connectivity index (χ3n) is 3.12. The van der Waals surface area contributed by atoms with Crippen LogP contribution in [-0.4, -0.2) is 29.6 Å². The third-order valence-corrected chi connectivity index (χ3v) is 3.12. The summed E-state index contributed by atoms with van der Waals surface area (Å²) in [5.74, 6) is -0.615. The number of nitrogens with zero attached hydrogens (tertiary/aromatic N) is 2. The average Bonchev–Trinajstić information content (AvgIpc) is 3.11. The van der Waals surface area contributed by atoms with Gasteiger partial charge in [0.05, 0.1) is 6.07 Å². The molecule has 27 heavy (non-hydrogen) atoms. The maximum atomic E-state index is 11.7. The molecule has 0 saturated heterocycles. The molecule has 0 aliphatic carbocycles. The molecule has 0 spiro atoms. The molecule has 3 N–H and O–H groups in total. The number of nitrogens with one attached hydrogen (secondary N) is 3. The molecule has 0 aliphatic rings. The molecular weight excluding hydrogens is 354 g/mol. The van der Waals surface area contributed by atoms with Gasteiger partial charge in [-0.15, -0.1) is 0 Å². The molecule has 10 heteroatoms. The molecule has 140 valence electrons. The van der Waals surface area contributed by atoms with Crippen LogP contribution in [-0.2, 0) is 4.79 Å². The van der Waals surface area contributed by atoms with E-state index in [4.69, 9.17) is 4.42 Å².